The van der Waals surface area contributed by atoms with Gasteiger partial charge in [-0.1, -0.05) is 6.07 Å². The Labute approximate surface area is 176 Å². The van der Waals surface area contributed by atoms with Gasteiger partial charge in [-0.25, -0.2) is 0 Å². The third kappa shape index (κ3) is 3.51. The van der Waals surface area contributed by atoms with Gasteiger partial charge < -0.3 is 14.7 Å². The van der Waals surface area contributed by atoms with Gasteiger partial charge in [0.25, 0.3) is 0 Å². The number of fused-ring (bicyclic) bond motifs is 2. The van der Waals surface area contributed by atoms with Crippen LogP contribution in [0, 0.1) is 13.8 Å². The molecule has 0 bridgehead atoms. The third-order valence-electron chi connectivity index (χ3n) is 6.27. The summed E-state index contributed by atoms with van der Waals surface area (Å²) in [6, 6.07) is 4.16. The molecule has 1 aliphatic carbocycles. The summed E-state index contributed by atoms with van der Waals surface area (Å²) in [6.07, 6.45) is 7.43. The van der Waals surface area contributed by atoms with Crippen molar-refractivity contribution in [3.05, 3.63) is 55.4 Å². The topological polar surface area (TPSA) is 49.8 Å². The summed E-state index contributed by atoms with van der Waals surface area (Å²) in [7, 11) is 1.73. The standard InChI is InChI=1S/C24H29NO3S/c1-15-17-8-6-12-28-21(17)11-10-18(15)24(20(13-26)25(3)14-27)23-16(2)29-22-9-5-4-7-19(22)23/h10-11,14,26H,4-9,12-13H2,1-3H3/b24-20-. The van der Waals surface area contributed by atoms with Gasteiger partial charge in [0, 0.05) is 27.9 Å². The van der Waals surface area contributed by atoms with E-state index in [0.29, 0.717) is 5.70 Å². The second-order valence-electron chi connectivity index (χ2n) is 8.01. The lowest BCUT2D eigenvalue weighted by molar-refractivity contribution is -0.115. The molecule has 0 spiro atoms. The number of aliphatic hydroxyl groups excluding tert-OH is 1. The van der Waals surface area contributed by atoms with E-state index in [9.17, 15) is 9.90 Å². The Hall–Kier alpha value is -2.11. The second-order valence-corrected chi connectivity index (χ2v) is 9.31. The van der Waals surface area contributed by atoms with E-state index in [2.05, 4.69) is 26.0 Å². The van der Waals surface area contributed by atoms with Crippen LogP contribution in [0.2, 0.25) is 0 Å². The fourth-order valence-electron chi connectivity index (χ4n) is 4.77. The van der Waals surface area contributed by atoms with E-state index in [0.717, 1.165) is 55.6 Å². The highest BCUT2D eigenvalue weighted by atomic mass is 32.1. The number of amides is 1. The molecule has 0 atom stereocenters. The monoisotopic (exact) mass is 411 g/mol. The number of carbonyl (C=O) groups excluding carboxylic acids is 1. The number of rotatable bonds is 5. The average molecular weight is 412 g/mol. The molecule has 1 aromatic carbocycles. The first kappa shape index (κ1) is 20.2. The maximum atomic E-state index is 11.7. The largest absolute Gasteiger partial charge is 0.493 e. The van der Waals surface area contributed by atoms with Crippen LogP contribution >= 0.6 is 11.3 Å². The zero-order valence-corrected chi connectivity index (χ0v) is 18.3. The van der Waals surface area contributed by atoms with Gasteiger partial charge in [-0.15, -0.1) is 11.3 Å². The maximum Gasteiger partial charge on any atom is 0.213 e. The van der Waals surface area contributed by atoms with Crippen LogP contribution in [0.15, 0.2) is 17.8 Å². The number of ether oxygens (including phenoxy) is 1. The summed E-state index contributed by atoms with van der Waals surface area (Å²) in [5.74, 6) is 0.968. The van der Waals surface area contributed by atoms with E-state index in [4.69, 9.17) is 4.74 Å². The van der Waals surface area contributed by atoms with Gasteiger partial charge in [-0.3, -0.25) is 4.79 Å². The fourth-order valence-corrected chi connectivity index (χ4v) is 6.05. The number of nitrogens with zero attached hydrogens (tertiary/aromatic N) is 1. The molecular weight excluding hydrogens is 382 g/mol. The highest BCUT2D eigenvalue weighted by Crippen LogP contribution is 2.44. The number of carbonyl (C=O) groups is 1. The molecule has 1 N–H and O–H groups in total. The van der Waals surface area contributed by atoms with Crippen LogP contribution in [0.1, 0.15) is 56.8 Å². The molecule has 0 fully saturated rings. The normalized spacial score (nSPS) is 16.4. The smallest absolute Gasteiger partial charge is 0.213 e. The summed E-state index contributed by atoms with van der Waals surface area (Å²) in [5.41, 5.74) is 7.84. The van der Waals surface area contributed by atoms with E-state index < -0.39 is 0 Å². The van der Waals surface area contributed by atoms with E-state index in [1.165, 1.54) is 49.7 Å². The van der Waals surface area contributed by atoms with Crippen LogP contribution in [-0.4, -0.2) is 36.7 Å². The molecule has 1 aliphatic heterocycles. The molecule has 0 unspecified atom stereocenters. The summed E-state index contributed by atoms with van der Waals surface area (Å²) in [5, 5.41) is 10.3. The Morgan fingerprint density at radius 1 is 1.17 bits per heavy atom. The zero-order chi connectivity index (χ0) is 20.5. The fraction of sp³-hybridized carbons (Fsp3) is 0.458. The van der Waals surface area contributed by atoms with Crippen LogP contribution in [0.4, 0.5) is 0 Å². The predicted octanol–water partition coefficient (Wildman–Crippen LogP) is 4.41. The lowest BCUT2D eigenvalue weighted by Crippen LogP contribution is -2.21. The summed E-state index contributed by atoms with van der Waals surface area (Å²) >= 11 is 1.87. The number of thiophene rings is 1. The van der Waals surface area contributed by atoms with E-state index in [-0.39, 0.29) is 6.61 Å². The highest BCUT2D eigenvalue weighted by molar-refractivity contribution is 7.12. The predicted molar refractivity (Wildman–Crippen MR) is 118 cm³/mol. The summed E-state index contributed by atoms with van der Waals surface area (Å²) < 4.78 is 5.87. The molecule has 4 rings (SSSR count). The third-order valence-corrected chi connectivity index (χ3v) is 7.48. The first-order valence-electron chi connectivity index (χ1n) is 10.5. The van der Waals surface area contributed by atoms with Crippen molar-refractivity contribution in [1.82, 2.24) is 4.90 Å². The van der Waals surface area contributed by atoms with Crippen molar-refractivity contribution in [2.75, 3.05) is 20.3 Å². The number of benzene rings is 1. The molecule has 0 saturated carbocycles. The van der Waals surface area contributed by atoms with Gasteiger partial charge in [0.15, 0.2) is 0 Å². The van der Waals surface area contributed by atoms with Crippen molar-refractivity contribution >= 4 is 23.3 Å². The first-order chi connectivity index (χ1) is 14.1. The maximum absolute atomic E-state index is 11.7. The molecule has 0 saturated heterocycles. The Kier molecular flexibility index (Phi) is 5.79. The van der Waals surface area contributed by atoms with Gasteiger partial charge >= 0.3 is 0 Å². The van der Waals surface area contributed by atoms with E-state index in [1.807, 2.05) is 11.3 Å². The van der Waals surface area contributed by atoms with E-state index >= 15 is 0 Å². The quantitative estimate of drug-likeness (QED) is 0.742. The molecule has 2 aliphatic rings. The number of aryl methyl sites for hydroxylation is 2. The van der Waals surface area contributed by atoms with Crippen LogP contribution in [0.25, 0.3) is 5.57 Å². The van der Waals surface area contributed by atoms with Gasteiger partial charge in [-0.2, -0.15) is 0 Å². The minimum Gasteiger partial charge on any atom is -0.493 e. The molecule has 154 valence electrons. The lowest BCUT2D eigenvalue weighted by Gasteiger charge is -2.26. The van der Waals surface area contributed by atoms with Crippen molar-refractivity contribution in [3.63, 3.8) is 0 Å². The molecule has 1 amide bonds. The van der Waals surface area contributed by atoms with E-state index in [1.54, 1.807) is 7.05 Å². The molecule has 2 heterocycles. The van der Waals surface area contributed by atoms with Crippen molar-refractivity contribution < 1.29 is 14.6 Å². The Morgan fingerprint density at radius 3 is 2.69 bits per heavy atom. The van der Waals surface area contributed by atoms with Crippen molar-refractivity contribution in [1.29, 1.82) is 0 Å². The minimum atomic E-state index is -0.179. The molecular formula is C24H29NO3S. The summed E-state index contributed by atoms with van der Waals surface area (Å²) in [6.45, 7) is 4.90. The molecule has 1 aromatic heterocycles. The second kappa shape index (κ2) is 8.33. The number of aliphatic hydroxyl groups is 1. The van der Waals surface area contributed by atoms with Crippen LogP contribution in [-0.2, 0) is 24.1 Å². The zero-order valence-electron chi connectivity index (χ0n) is 17.5. The van der Waals surface area contributed by atoms with Gasteiger partial charge in [0.05, 0.1) is 18.9 Å². The minimum absolute atomic E-state index is 0.179. The highest BCUT2D eigenvalue weighted by Gasteiger charge is 2.27. The van der Waals surface area contributed by atoms with Crippen molar-refractivity contribution in [2.24, 2.45) is 0 Å². The molecule has 2 aromatic rings. The first-order valence-corrected chi connectivity index (χ1v) is 11.3. The molecule has 29 heavy (non-hydrogen) atoms. The Balaban J connectivity index is 2.01. The van der Waals surface area contributed by atoms with Gasteiger partial charge in [0.1, 0.15) is 5.75 Å². The van der Waals surface area contributed by atoms with Crippen LogP contribution < -0.4 is 4.74 Å². The number of hydrogen-bond donors (Lipinski definition) is 1. The average Bonchev–Trinajstić information content (AvgIpc) is 3.08. The number of hydrogen-bond acceptors (Lipinski definition) is 4. The van der Waals surface area contributed by atoms with Crippen LogP contribution in [0.3, 0.4) is 0 Å². The Bertz CT molecular complexity index is 973. The van der Waals surface area contributed by atoms with Gasteiger partial charge in [0.2, 0.25) is 6.41 Å². The molecule has 0 radical (unpaired) electrons. The Morgan fingerprint density at radius 2 is 1.93 bits per heavy atom. The van der Waals surface area contributed by atoms with Crippen molar-refractivity contribution in [3.8, 4) is 5.75 Å². The van der Waals surface area contributed by atoms with Crippen LogP contribution in [0.5, 0.6) is 5.75 Å². The summed E-state index contributed by atoms with van der Waals surface area (Å²) in [4.78, 5) is 15.9. The SMILES string of the molecule is Cc1sc2c(c1/C(=C(/CO)N(C)C=O)c1ccc3c(c1C)CCCO3)CCCC2. The molecule has 4 nitrogen and oxygen atoms in total. The lowest BCUT2D eigenvalue weighted by atomic mass is 9.84. The number of likely N-dealkylation sites (N-methyl/N-ethyl adjacent to an activating group) is 1. The van der Waals surface area contributed by atoms with Crippen molar-refractivity contribution in [2.45, 2.75) is 52.4 Å². The molecule has 5 heteroatoms. The van der Waals surface area contributed by atoms with Gasteiger partial charge in [-0.05, 0) is 80.7 Å².